The molecule has 3 heterocycles. The topological polar surface area (TPSA) is 67.9 Å². The fraction of sp³-hybridized carbons (Fsp3) is 0.500. The Morgan fingerprint density at radius 1 is 1.07 bits per heavy atom. The van der Waals surface area contributed by atoms with Gasteiger partial charge in [0, 0.05) is 32.9 Å². The summed E-state index contributed by atoms with van der Waals surface area (Å²) in [6.07, 6.45) is 2.49. The predicted octanol–water partition coefficient (Wildman–Crippen LogP) is 1.30. The Morgan fingerprint density at radius 3 is 2.44 bits per heavy atom. The number of carbonyl (C=O) groups is 2. The molecule has 1 atom stereocenters. The molecule has 7 nitrogen and oxygen atoms in total. The van der Waals surface area contributed by atoms with Gasteiger partial charge in [0.05, 0.1) is 23.9 Å². The van der Waals surface area contributed by atoms with Crippen LogP contribution in [0.2, 0.25) is 0 Å². The second-order valence-electron chi connectivity index (χ2n) is 7.69. The monoisotopic (exact) mass is 369 g/mol. The lowest BCUT2D eigenvalue weighted by Crippen LogP contribution is -2.44. The highest BCUT2D eigenvalue weighted by Crippen LogP contribution is 2.33. The summed E-state index contributed by atoms with van der Waals surface area (Å²) >= 11 is 0. The lowest BCUT2D eigenvalue weighted by molar-refractivity contribution is -0.126. The number of rotatable bonds is 5. The largest absolute Gasteiger partial charge is 0.378 e. The lowest BCUT2D eigenvalue weighted by Gasteiger charge is -2.26. The van der Waals surface area contributed by atoms with Crippen LogP contribution in [0.5, 0.6) is 0 Å². The number of urea groups is 1. The number of hydrogen-bond acceptors (Lipinski definition) is 4. The number of carbonyl (C=O) groups excluding carboxylic acids is 2. The third-order valence-electron chi connectivity index (χ3n) is 5.65. The van der Waals surface area contributed by atoms with E-state index in [0.717, 1.165) is 36.6 Å². The summed E-state index contributed by atoms with van der Waals surface area (Å²) in [7, 11) is 3.97. The first kappa shape index (κ1) is 17.9. The van der Waals surface area contributed by atoms with Crippen LogP contribution in [0.1, 0.15) is 24.4 Å². The molecular weight excluding hydrogens is 342 g/mol. The normalized spacial score (nSPS) is 22.7. The van der Waals surface area contributed by atoms with E-state index >= 15 is 0 Å². The second-order valence-corrected chi connectivity index (χ2v) is 7.69. The van der Waals surface area contributed by atoms with E-state index in [1.807, 2.05) is 48.2 Å². The van der Waals surface area contributed by atoms with Crippen molar-refractivity contribution in [1.29, 1.82) is 0 Å². The number of nitrogens with zero attached hydrogens (tertiary/aromatic N) is 3. The first-order chi connectivity index (χ1) is 13.0. The summed E-state index contributed by atoms with van der Waals surface area (Å²) in [6, 6.07) is 7.34. The number of nitrogens with one attached hydrogen (secondary N) is 2. The Balaban J connectivity index is 1.52. The maximum Gasteiger partial charge on any atom is 0.319 e. The van der Waals surface area contributed by atoms with Crippen molar-refractivity contribution in [1.82, 2.24) is 20.4 Å². The van der Waals surface area contributed by atoms with Crippen molar-refractivity contribution in [2.24, 2.45) is 0 Å². The maximum atomic E-state index is 13.1. The Bertz CT molecular complexity index is 765. The molecule has 27 heavy (non-hydrogen) atoms. The molecule has 0 spiro atoms. The molecule has 0 aromatic heterocycles. The molecule has 0 saturated carbocycles. The average Bonchev–Trinajstić information content (AvgIpc) is 3.27. The van der Waals surface area contributed by atoms with Gasteiger partial charge in [-0.3, -0.25) is 4.79 Å². The molecule has 1 aromatic carbocycles. The molecule has 1 saturated heterocycles. The molecule has 144 valence electrons. The highest BCUT2D eigenvalue weighted by atomic mass is 16.2. The SMILES string of the molecule is CN(C)c1ccc(C2NC(=O)NC3=C2C(=O)N(CCN2CCCC2)C3)cc1. The molecule has 0 bridgehead atoms. The van der Waals surface area contributed by atoms with Crippen LogP contribution in [0.15, 0.2) is 35.5 Å². The predicted molar refractivity (Wildman–Crippen MR) is 104 cm³/mol. The molecule has 0 radical (unpaired) electrons. The standard InChI is InChI=1S/C20H27N5O2/c1-23(2)15-7-5-14(6-8-15)18-17-16(21-20(27)22-18)13-25(19(17)26)12-11-24-9-3-4-10-24/h5-8,18H,3-4,9-13H2,1-2H3,(H2,21,22,27). The third kappa shape index (κ3) is 3.51. The Morgan fingerprint density at radius 2 is 1.78 bits per heavy atom. The summed E-state index contributed by atoms with van der Waals surface area (Å²) in [5.74, 6) is 0.0263. The van der Waals surface area contributed by atoms with E-state index in [4.69, 9.17) is 0 Å². The van der Waals surface area contributed by atoms with Gasteiger partial charge in [0.25, 0.3) is 5.91 Å². The minimum atomic E-state index is -0.394. The van der Waals surface area contributed by atoms with Crippen molar-refractivity contribution < 1.29 is 9.59 Å². The molecule has 4 rings (SSSR count). The van der Waals surface area contributed by atoms with E-state index in [1.54, 1.807) is 0 Å². The van der Waals surface area contributed by atoms with Crippen LogP contribution in [0.4, 0.5) is 10.5 Å². The van der Waals surface area contributed by atoms with E-state index in [2.05, 4.69) is 15.5 Å². The summed E-state index contributed by atoms with van der Waals surface area (Å²) in [5, 5.41) is 5.76. The fourth-order valence-electron chi connectivity index (χ4n) is 4.09. The molecule has 3 amide bonds. The smallest absolute Gasteiger partial charge is 0.319 e. The number of hydrogen-bond donors (Lipinski definition) is 2. The summed E-state index contributed by atoms with van der Waals surface area (Å²) in [5.41, 5.74) is 3.43. The van der Waals surface area contributed by atoms with Gasteiger partial charge in [-0.05, 0) is 43.6 Å². The van der Waals surface area contributed by atoms with Gasteiger partial charge in [-0.25, -0.2) is 4.79 Å². The van der Waals surface area contributed by atoms with Gasteiger partial charge in [-0.2, -0.15) is 0 Å². The van der Waals surface area contributed by atoms with Crippen LogP contribution in [-0.2, 0) is 4.79 Å². The fourth-order valence-corrected chi connectivity index (χ4v) is 4.09. The van der Waals surface area contributed by atoms with Crippen molar-refractivity contribution in [2.45, 2.75) is 18.9 Å². The molecule has 1 fully saturated rings. The van der Waals surface area contributed by atoms with Crippen molar-refractivity contribution >= 4 is 17.6 Å². The van der Waals surface area contributed by atoms with E-state index in [1.165, 1.54) is 12.8 Å². The van der Waals surface area contributed by atoms with Gasteiger partial charge in [0.2, 0.25) is 0 Å². The van der Waals surface area contributed by atoms with Crippen LogP contribution >= 0.6 is 0 Å². The molecule has 1 aromatic rings. The minimum absolute atomic E-state index is 0.0263. The van der Waals surface area contributed by atoms with E-state index in [-0.39, 0.29) is 11.9 Å². The number of likely N-dealkylation sites (tertiary alicyclic amines) is 1. The number of amides is 3. The average molecular weight is 369 g/mol. The lowest BCUT2D eigenvalue weighted by atomic mass is 9.96. The van der Waals surface area contributed by atoms with Gasteiger partial charge in [0.1, 0.15) is 0 Å². The van der Waals surface area contributed by atoms with Gasteiger partial charge >= 0.3 is 6.03 Å². The van der Waals surface area contributed by atoms with Crippen molar-refractivity contribution in [2.75, 3.05) is 51.7 Å². The van der Waals surface area contributed by atoms with Crippen molar-refractivity contribution in [3.05, 3.63) is 41.1 Å². The van der Waals surface area contributed by atoms with Gasteiger partial charge < -0.3 is 25.3 Å². The van der Waals surface area contributed by atoms with Gasteiger partial charge in [-0.1, -0.05) is 12.1 Å². The molecule has 2 N–H and O–H groups in total. The summed E-state index contributed by atoms with van der Waals surface area (Å²) < 4.78 is 0. The highest BCUT2D eigenvalue weighted by molar-refractivity contribution is 6.01. The molecular formula is C20H27N5O2. The maximum absolute atomic E-state index is 13.1. The minimum Gasteiger partial charge on any atom is -0.378 e. The molecule has 3 aliphatic heterocycles. The summed E-state index contributed by atoms with van der Waals surface area (Å²) in [6.45, 7) is 4.33. The molecule has 7 heteroatoms. The first-order valence-corrected chi connectivity index (χ1v) is 9.62. The molecule has 0 aliphatic carbocycles. The zero-order valence-electron chi connectivity index (χ0n) is 16.0. The van der Waals surface area contributed by atoms with E-state index in [9.17, 15) is 9.59 Å². The van der Waals surface area contributed by atoms with Gasteiger partial charge in [-0.15, -0.1) is 0 Å². The van der Waals surface area contributed by atoms with Crippen LogP contribution in [0.25, 0.3) is 0 Å². The number of benzene rings is 1. The van der Waals surface area contributed by atoms with E-state index < -0.39 is 6.04 Å². The van der Waals surface area contributed by atoms with Crippen LogP contribution in [-0.4, -0.2) is 68.6 Å². The van der Waals surface area contributed by atoms with Crippen molar-refractivity contribution in [3.8, 4) is 0 Å². The van der Waals surface area contributed by atoms with Gasteiger partial charge in [0.15, 0.2) is 0 Å². The van der Waals surface area contributed by atoms with Crippen LogP contribution in [0.3, 0.4) is 0 Å². The van der Waals surface area contributed by atoms with Crippen molar-refractivity contribution in [3.63, 3.8) is 0 Å². The summed E-state index contributed by atoms with van der Waals surface area (Å²) in [4.78, 5) is 31.5. The molecule has 3 aliphatic rings. The first-order valence-electron chi connectivity index (χ1n) is 9.62. The highest BCUT2D eigenvalue weighted by Gasteiger charge is 2.40. The Labute approximate surface area is 160 Å². The second kappa shape index (κ2) is 7.23. The molecule has 1 unspecified atom stereocenters. The van der Waals surface area contributed by atoms with Crippen LogP contribution in [0, 0.1) is 0 Å². The zero-order valence-corrected chi connectivity index (χ0v) is 16.0. The van der Waals surface area contributed by atoms with Crippen LogP contribution < -0.4 is 15.5 Å². The zero-order chi connectivity index (χ0) is 19.0. The Kier molecular flexibility index (Phi) is 4.78. The quantitative estimate of drug-likeness (QED) is 0.821. The third-order valence-corrected chi connectivity index (χ3v) is 5.65. The number of anilines is 1. The Hall–Kier alpha value is -2.54. The van der Waals surface area contributed by atoms with E-state index in [0.29, 0.717) is 18.7 Å².